The first-order valence-corrected chi connectivity index (χ1v) is 21.4. The highest BCUT2D eigenvalue weighted by molar-refractivity contribution is 7.90. The van der Waals surface area contributed by atoms with Gasteiger partial charge in [0, 0.05) is 37.2 Å². The molecule has 2 aromatic rings. The maximum absolute atomic E-state index is 14.6. The quantitative estimate of drug-likeness (QED) is 0.232. The van der Waals surface area contributed by atoms with Gasteiger partial charge in [0.2, 0.25) is 11.7 Å². The van der Waals surface area contributed by atoms with Crippen LogP contribution in [-0.4, -0.2) is 102 Å². The highest BCUT2D eigenvalue weighted by atomic mass is 32.2. The maximum atomic E-state index is 14.6. The first-order chi connectivity index (χ1) is 24.5. The summed E-state index contributed by atoms with van der Waals surface area (Å²) in [5.41, 5.74) is 4.05. The third-order valence-electron chi connectivity index (χ3n) is 10.1. The van der Waals surface area contributed by atoms with Crippen molar-refractivity contribution in [1.29, 1.82) is 0 Å². The van der Waals surface area contributed by atoms with E-state index in [-0.39, 0.29) is 65.8 Å². The number of sulfone groups is 2. The minimum atomic E-state index is -3.52. The number of hydrogen-bond donors (Lipinski definition) is 2. The van der Waals surface area contributed by atoms with Crippen LogP contribution < -0.4 is 11.1 Å². The molecule has 282 valence electrons. The first kappa shape index (κ1) is 38.9. The van der Waals surface area contributed by atoms with E-state index in [9.17, 15) is 40.8 Å². The van der Waals surface area contributed by atoms with E-state index in [4.69, 9.17) is 5.73 Å². The van der Waals surface area contributed by atoms with Gasteiger partial charge in [0.25, 0.3) is 17.7 Å². The fourth-order valence-electron chi connectivity index (χ4n) is 7.47. The topological polar surface area (TPSA) is 238 Å². The molecule has 1 saturated heterocycles. The monoisotopic (exact) mass is 759 g/mol. The summed E-state index contributed by atoms with van der Waals surface area (Å²) in [7, 11) is -6.96. The van der Waals surface area contributed by atoms with Crippen LogP contribution in [0.3, 0.4) is 0 Å². The van der Waals surface area contributed by atoms with Crippen molar-refractivity contribution in [2.24, 2.45) is 16.6 Å². The molecular formula is C34H45N7O9S2. The Hall–Kier alpha value is -4.32. The summed E-state index contributed by atoms with van der Waals surface area (Å²) in [6.07, 6.45) is 10.6. The smallest absolute Gasteiger partial charge is 0.287 e. The van der Waals surface area contributed by atoms with Crippen molar-refractivity contribution in [3.8, 4) is 0 Å². The normalized spacial score (nSPS) is 21.4. The summed E-state index contributed by atoms with van der Waals surface area (Å²) in [6, 6.07) is 3.38. The molecule has 2 saturated carbocycles. The first-order valence-electron chi connectivity index (χ1n) is 17.4. The molecule has 3 aliphatic rings. The van der Waals surface area contributed by atoms with Crippen molar-refractivity contribution in [2.45, 2.75) is 105 Å². The van der Waals surface area contributed by atoms with Gasteiger partial charge in [0.15, 0.2) is 19.7 Å². The van der Waals surface area contributed by atoms with E-state index in [1.165, 1.54) is 40.0 Å². The lowest BCUT2D eigenvalue weighted by molar-refractivity contribution is -0.144. The Labute approximate surface area is 302 Å². The number of likely N-dealkylation sites (tertiary alicyclic amines) is 1. The molecule has 1 aromatic heterocycles. The predicted molar refractivity (Wildman–Crippen MR) is 188 cm³/mol. The second-order valence-electron chi connectivity index (χ2n) is 14.3. The number of Topliss-reactive ketones (excluding diaryl/α,β-unsaturated/α-hetero) is 1. The van der Waals surface area contributed by atoms with E-state index >= 15 is 0 Å². The Kier molecular flexibility index (Phi) is 11.8. The highest BCUT2D eigenvalue weighted by Crippen LogP contribution is 2.34. The summed E-state index contributed by atoms with van der Waals surface area (Å²) >= 11 is 0. The number of benzene rings is 1. The van der Waals surface area contributed by atoms with Crippen molar-refractivity contribution >= 4 is 54.8 Å². The molecule has 2 aliphatic carbocycles. The predicted octanol–water partition coefficient (Wildman–Crippen LogP) is 1.49. The standard InChI is InChI=1S/C34H45N7O9S2/c1-51(47,48)21-24-19-41(39-38-24)25-18-28(32(45)37-34(29(42)30(35)43)15-7-4-8-16-34)40(20-25)33(46)27(17-22-9-5-3-6-10-22)36-31(44)23-11-13-26(14-12-23)52(2,49)50/h11-14,19,22,25,28H,3-10,15-18,20-21H2,1-2H3,(H2,35,43)(H,37,45)/b36-27+/t25-,28-/m0/s1. The number of ketones is 1. The molecule has 0 bridgehead atoms. The largest absolute Gasteiger partial charge is 0.363 e. The Balaban J connectivity index is 1.51. The lowest BCUT2D eigenvalue weighted by Crippen LogP contribution is -2.62. The van der Waals surface area contributed by atoms with E-state index in [0.717, 1.165) is 51.0 Å². The number of rotatable bonds is 12. The molecule has 3 fully saturated rings. The van der Waals surface area contributed by atoms with Crippen LogP contribution in [0.4, 0.5) is 0 Å². The van der Waals surface area contributed by atoms with Crippen LogP contribution in [0.25, 0.3) is 0 Å². The van der Waals surface area contributed by atoms with Gasteiger partial charge in [0.05, 0.1) is 22.4 Å². The molecule has 0 spiro atoms. The second-order valence-corrected chi connectivity index (χ2v) is 18.5. The van der Waals surface area contributed by atoms with Crippen LogP contribution in [0.1, 0.15) is 99.1 Å². The van der Waals surface area contributed by atoms with Gasteiger partial charge in [-0.2, -0.15) is 0 Å². The third kappa shape index (κ3) is 9.36. The van der Waals surface area contributed by atoms with E-state index in [1.54, 1.807) is 0 Å². The zero-order valence-electron chi connectivity index (χ0n) is 29.3. The molecule has 0 radical (unpaired) electrons. The fraction of sp³-hybridized carbons (Fsp3) is 0.588. The van der Waals surface area contributed by atoms with Gasteiger partial charge in [-0.25, -0.2) is 26.5 Å². The maximum Gasteiger partial charge on any atom is 0.287 e. The molecule has 16 nitrogen and oxygen atoms in total. The Morgan fingerprint density at radius 2 is 1.58 bits per heavy atom. The number of nitrogens with zero attached hydrogens (tertiary/aromatic N) is 5. The highest BCUT2D eigenvalue weighted by Gasteiger charge is 2.48. The van der Waals surface area contributed by atoms with Crippen molar-refractivity contribution in [3.05, 3.63) is 41.7 Å². The second kappa shape index (κ2) is 15.7. The third-order valence-corrected chi connectivity index (χ3v) is 12.1. The SMILES string of the molecule is CS(=O)(=O)Cc1cn([C@H]2C[C@@H](C(=O)NC3(C(=O)C(N)=O)CCCCC3)N(C(=O)/C(CC3CCCCC3)=N/C(=O)c3ccc(S(C)(=O)=O)cc3)C2)nn1. The van der Waals surface area contributed by atoms with Crippen LogP contribution in [-0.2, 0) is 44.6 Å². The van der Waals surface area contributed by atoms with Gasteiger partial charge in [0.1, 0.15) is 17.3 Å². The van der Waals surface area contributed by atoms with Crippen molar-refractivity contribution < 1.29 is 40.8 Å². The number of hydrogen-bond acceptors (Lipinski definition) is 11. The molecule has 18 heteroatoms. The molecule has 52 heavy (non-hydrogen) atoms. The minimum absolute atomic E-state index is 0.00228. The number of carbonyl (C=O) groups excluding carboxylic acids is 5. The van der Waals surface area contributed by atoms with Crippen LogP contribution in [0.15, 0.2) is 40.4 Å². The molecule has 5 rings (SSSR count). The van der Waals surface area contributed by atoms with Gasteiger partial charge in [-0.1, -0.05) is 56.6 Å². The summed E-state index contributed by atoms with van der Waals surface area (Å²) < 4.78 is 49.2. The minimum Gasteiger partial charge on any atom is -0.363 e. The molecule has 4 amide bonds. The number of aromatic nitrogens is 3. The fourth-order valence-corrected chi connectivity index (χ4v) is 8.77. The number of carbonyl (C=O) groups is 5. The number of nitrogens with two attached hydrogens (primary N) is 1. The van der Waals surface area contributed by atoms with Crippen LogP contribution in [0.5, 0.6) is 0 Å². The van der Waals surface area contributed by atoms with Gasteiger partial charge in [-0.05, 0) is 49.4 Å². The summed E-state index contributed by atoms with van der Waals surface area (Å²) in [4.78, 5) is 73.1. The zero-order chi connectivity index (χ0) is 37.8. The van der Waals surface area contributed by atoms with Crippen LogP contribution in [0, 0.1) is 5.92 Å². The molecule has 0 unspecified atom stereocenters. The molecule has 1 aromatic carbocycles. The van der Waals surface area contributed by atoms with Gasteiger partial charge >= 0.3 is 0 Å². The lowest BCUT2D eigenvalue weighted by atomic mass is 9.78. The summed E-state index contributed by atoms with van der Waals surface area (Å²) in [6.45, 7) is -0.0870. The van der Waals surface area contributed by atoms with E-state index in [1.807, 2.05) is 0 Å². The zero-order valence-corrected chi connectivity index (χ0v) is 31.0. The van der Waals surface area contributed by atoms with Crippen molar-refractivity contribution in [2.75, 3.05) is 19.1 Å². The van der Waals surface area contributed by atoms with E-state index in [2.05, 4.69) is 20.6 Å². The molecule has 3 N–H and O–H groups in total. The summed E-state index contributed by atoms with van der Waals surface area (Å²) in [5.74, 6) is -4.53. The number of primary amides is 1. The van der Waals surface area contributed by atoms with E-state index in [0.29, 0.717) is 12.8 Å². The number of aliphatic imine (C=N–C) groups is 1. The molecule has 2 heterocycles. The molecule has 1 aliphatic heterocycles. The Bertz CT molecular complexity index is 1960. The van der Waals surface area contributed by atoms with E-state index < -0.39 is 66.7 Å². The van der Waals surface area contributed by atoms with Gasteiger partial charge < -0.3 is 16.0 Å². The average Bonchev–Trinajstić information content (AvgIpc) is 3.75. The van der Waals surface area contributed by atoms with Crippen molar-refractivity contribution in [1.82, 2.24) is 25.2 Å². The number of nitrogens with one attached hydrogen (secondary N) is 1. The summed E-state index contributed by atoms with van der Waals surface area (Å²) in [5, 5.41) is 10.8. The van der Waals surface area contributed by atoms with Crippen LogP contribution >= 0.6 is 0 Å². The van der Waals surface area contributed by atoms with Crippen LogP contribution in [0.2, 0.25) is 0 Å². The number of amides is 4. The molecule has 2 atom stereocenters. The Morgan fingerprint density at radius 3 is 2.17 bits per heavy atom. The van der Waals surface area contributed by atoms with Crippen molar-refractivity contribution in [3.63, 3.8) is 0 Å². The average molecular weight is 760 g/mol. The van der Waals surface area contributed by atoms with Gasteiger partial charge in [-0.3, -0.25) is 24.0 Å². The lowest BCUT2D eigenvalue weighted by Gasteiger charge is -2.37. The van der Waals surface area contributed by atoms with Gasteiger partial charge in [-0.15, -0.1) is 5.10 Å². The molecular weight excluding hydrogens is 715 g/mol. The Morgan fingerprint density at radius 1 is 0.942 bits per heavy atom.